The molecule has 0 spiro atoms. The molecule has 0 fully saturated rings. The minimum absolute atomic E-state index is 0.00350. The van der Waals surface area contributed by atoms with Gasteiger partial charge in [-0.1, -0.05) is 0 Å². The Balaban J connectivity index is 2.26. The maximum atomic E-state index is 11.7. The number of nitrogen functional groups attached to an aromatic ring is 1. The Kier molecular flexibility index (Phi) is 2.87. The molecule has 4 N–H and O–H groups in total. The number of benzene rings is 1. The average Bonchev–Trinajstić information content (AvgIpc) is 2.81. The summed E-state index contributed by atoms with van der Waals surface area (Å²) in [5.41, 5.74) is 5.21. The van der Waals surface area contributed by atoms with Gasteiger partial charge in [-0.15, -0.1) is 0 Å². The Hall–Kier alpha value is -2.97. The predicted octanol–water partition coefficient (Wildman–Crippen LogP) is 0.547. The number of carbonyl (C=O) groups is 1. The molecule has 92 valence electrons. The van der Waals surface area contributed by atoms with Crippen LogP contribution in [0.5, 0.6) is 0 Å². The molecule has 0 saturated carbocycles. The zero-order chi connectivity index (χ0) is 13.1. The average molecular weight is 248 g/mol. The molecule has 9 heteroatoms. The minimum atomic E-state index is -0.652. The molecule has 1 aromatic carbocycles. The molecular formula is C9H8N6O3. The van der Waals surface area contributed by atoms with Gasteiger partial charge in [-0.2, -0.15) is 10.1 Å². The third kappa shape index (κ3) is 2.24. The summed E-state index contributed by atoms with van der Waals surface area (Å²) in [6, 6.07) is 3.78. The number of nitrogens with two attached hydrogens (primary N) is 1. The molecule has 0 aliphatic heterocycles. The first-order chi connectivity index (χ1) is 8.58. The Labute approximate surface area is 100 Å². The topological polar surface area (TPSA) is 140 Å². The Morgan fingerprint density at radius 3 is 2.89 bits per heavy atom. The second kappa shape index (κ2) is 4.49. The summed E-state index contributed by atoms with van der Waals surface area (Å²) < 4.78 is 0. The van der Waals surface area contributed by atoms with Crippen molar-refractivity contribution in [3.63, 3.8) is 0 Å². The summed E-state index contributed by atoms with van der Waals surface area (Å²) in [5.74, 6) is -0.394. The van der Waals surface area contributed by atoms with Gasteiger partial charge in [-0.25, -0.2) is 5.10 Å². The van der Waals surface area contributed by atoms with E-state index < -0.39 is 10.8 Å². The Morgan fingerprint density at radius 2 is 2.28 bits per heavy atom. The summed E-state index contributed by atoms with van der Waals surface area (Å²) in [6.45, 7) is 0. The van der Waals surface area contributed by atoms with Crippen LogP contribution in [0.15, 0.2) is 24.5 Å². The molecule has 0 unspecified atom stereocenters. The van der Waals surface area contributed by atoms with E-state index in [-0.39, 0.29) is 22.9 Å². The van der Waals surface area contributed by atoms with Crippen molar-refractivity contribution in [2.75, 3.05) is 11.1 Å². The maximum absolute atomic E-state index is 11.7. The fraction of sp³-hybridized carbons (Fsp3) is 0. The normalized spacial score (nSPS) is 10.0. The molecular weight excluding hydrogens is 240 g/mol. The van der Waals surface area contributed by atoms with E-state index in [1.807, 2.05) is 0 Å². The van der Waals surface area contributed by atoms with Crippen LogP contribution in [0.1, 0.15) is 10.4 Å². The van der Waals surface area contributed by atoms with Crippen LogP contribution < -0.4 is 11.1 Å². The fourth-order valence-corrected chi connectivity index (χ4v) is 1.29. The molecule has 0 atom stereocenters. The molecule has 2 rings (SSSR count). The summed E-state index contributed by atoms with van der Waals surface area (Å²) in [4.78, 5) is 25.5. The van der Waals surface area contributed by atoms with E-state index in [0.29, 0.717) is 0 Å². The number of carbonyl (C=O) groups excluding carboxylic acids is 1. The lowest BCUT2D eigenvalue weighted by Gasteiger charge is -2.02. The van der Waals surface area contributed by atoms with Crippen LogP contribution in [0.25, 0.3) is 0 Å². The lowest BCUT2D eigenvalue weighted by Crippen LogP contribution is -2.13. The highest BCUT2D eigenvalue weighted by Crippen LogP contribution is 2.22. The largest absolute Gasteiger partial charge is 0.393 e. The summed E-state index contributed by atoms with van der Waals surface area (Å²) in [7, 11) is 0. The van der Waals surface area contributed by atoms with Crippen LogP contribution in [0.3, 0.4) is 0 Å². The van der Waals surface area contributed by atoms with Gasteiger partial charge in [0.15, 0.2) is 0 Å². The lowest BCUT2D eigenvalue weighted by molar-refractivity contribution is -0.383. The number of anilines is 2. The zero-order valence-corrected chi connectivity index (χ0v) is 8.95. The number of nitrogens with zero attached hydrogens (tertiary/aromatic N) is 3. The van der Waals surface area contributed by atoms with Crippen molar-refractivity contribution in [2.45, 2.75) is 0 Å². The fourth-order valence-electron chi connectivity index (χ4n) is 1.29. The third-order valence-corrected chi connectivity index (χ3v) is 2.14. The van der Waals surface area contributed by atoms with E-state index in [0.717, 1.165) is 6.07 Å². The first-order valence-electron chi connectivity index (χ1n) is 4.78. The highest BCUT2D eigenvalue weighted by Gasteiger charge is 2.16. The van der Waals surface area contributed by atoms with Crippen molar-refractivity contribution < 1.29 is 9.72 Å². The number of rotatable bonds is 3. The van der Waals surface area contributed by atoms with E-state index in [2.05, 4.69) is 20.5 Å². The molecule has 9 nitrogen and oxygen atoms in total. The van der Waals surface area contributed by atoms with Crippen LogP contribution in [0.4, 0.5) is 17.3 Å². The highest BCUT2D eigenvalue weighted by atomic mass is 16.6. The van der Waals surface area contributed by atoms with Crippen LogP contribution in [0, 0.1) is 10.1 Å². The third-order valence-electron chi connectivity index (χ3n) is 2.14. The van der Waals surface area contributed by atoms with Crippen molar-refractivity contribution in [3.05, 3.63) is 40.2 Å². The standard InChI is InChI=1S/C9H8N6O3/c10-6-2-1-5(3-7(6)15(17)18)8(16)13-9-11-4-12-14-9/h1-4H,10H2,(H2,11,12,13,14,16). The number of nitro groups is 1. The van der Waals surface area contributed by atoms with Crippen molar-refractivity contribution >= 4 is 23.2 Å². The number of H-pyrrole nitrogens is 1. The molecule has 1 amide bonds. The molecule has 2 aromatic rings. The molecule has 1 heterocycles. The highest BCUT2D eigenvalue weighted by molar-refractivity contribution is 6.04. The van der Waals surface area contributed by atoms with E-state index in [1.54, 1.807) is 0 Å². The second-order valence-corrected chi connectivity index (χ2v) is 3.32. The SMILES string of the molecule is Nc1ccc(C(=O)Nc2ncn[nH]2)cc1[N+](=O)[O-]. The number of nitro benzene ring substituents is 1. The first-order valence-corrected chi connectivity index (χ1v) is 4.78. The van der Waals surface area contributed by atoms with Gasteiger partial charge in [0.25, 0.3) is 11.6 Å². The van der Waals surface area contributed by atoms with Crippen molar-refractivity contribution in [1.29, 1.82) is 0 Å². The molecule has 1 aromatic heterocycles. The van der Waals surface area contributed by atoms with Crippen LogP contribution in [-0.4, -0.2) is 26.0 Å². The number of hydrogen-bond donors (Lipinski definition) is 3. The van der Waals surface area contributed by atoms with Gasteiger partial charge in [0, 0.05) is 11.6 Å². The van der Waals surface area contributed by atoms with Gasteiger partial charge in [0.2, 0.25) is 5.95 Å². The molecule has 18 heavy (non-hydrogen) atoms. The number of aromatic nitrogens is 3. The maximum Gasteiger partial charge on any atom is 0.292 e. The minimum Gasteiger partial charge on any atom is -0.393 e. The Morgan fingerprint density at radius 1 is 1.50 bits per heavy atom. The molecule has 0 aliphatic carbocycles. The molecule has 0 saturated heterocycles. The van der Waals surface area contributed by atoms with E-state index in [9.17, 15) is 14.9 Å². The second-order valence-electron chi connectivity index (χ2n) is 3.32. The molecule has 0 radical (unpaired) electrons. The Bertz CT molecular complexity index is 594. The predicted molar refractivity (Wildman–Crippen MR) is 61.8 cm³/mol. The first kappa shape index (κ1) is 11.5. The lowest BCUT2D eigenvalue weighted by atomic mass is 10.1. The van der Waals surface area contributed by atoms with Crippen molar-refractivity contribution in [3.8, 4) is 0 Å². The number of hydrogen-bond acceptors (Lipinski definition) is 6. The van der Waals surface area contributed by atoms with E-state index >= 15 is 0 Å². The number of aromatic amines is 1. The zero-order valence-electron chi connectivity index (χ0n) is 8.95. The molecule has 0 aliphatic rings. The van der Waals surface area contributed by atoms with Gasteiger partial charge < -0.3 is 5.73 Å². The molecule has 0 bridgehead atoms. The smallest absolute Gasteiger partial charge is 0.292 e. The van der Waals surface area contributed by atoms with Crippen LogP contribution >= 0.6 is 0 Å². The van der Waals surface area contributed by atoms with Gasteiger partial charge in [-0.3, -0.25) is 20.2 Å². The van der Waals surface area contributed by atoms with Crippen LogP contribution in [0.2, 0.25) is 0 Å². The summed E-state index contributed by atoms with van der Waals surface area (Å²) >= 11 is 0. The van der Waals surface area contributed by atoms with Crippen molar-refractivity contribution in [1.82, 2.24) is 15.2 Å². The monoisotopic (exact) mass is 248 g/mol. The van der Waals surface area contributed by atoms with E-state index in [4.69, 9.17) is 5.73 Å². The van der Waals surface area contributed by atoms with Crippen LogP contribution in [-0.2, 0) is 0 Å². The van der Waals surface area contributed by atoms with Gasteiger partial charge in [-0.05, 0) is 12.1 Å². The van der Waals surface area contributed by atoms with Gasteiger partial charge in [0.05, 0.1) is 4.92 Å². The van der Waals surface area contributed by atoms with Gasteiger partial charge in [0.1, 0.15) is 12.0 Å². The van der Waals surface area contributed by atoms with Crippen molar-refractivity contribution in [2.24, 2.45) is 0 Å². The van der Waals surface area contributed by atoms with Gasteiger partial charge >= 0.3 is 0 Å². The quantitative estimate of drug-likeness (QED) is 0.411. The number of nitrogens with one attached hydrogen (secondary N) is 2. The summed E-state index contributed by atoms with van der Waals surface area (Å²) in [6.07, 6.45) is 1.22. The number of amides is 1. The van der Waals surface area contributed by atoms with E-state index in [1.165, 1.54) is 18.5 Å². The summed E-state index contributed by atoms with van der Waals surface area (Å²) in [5, 5.41) is 19.1.